The molecule has 0 bridgehead atoms. The van der Waals surface area contributed by atoms with Crippen LogP contribution in [0.2, 0.25) is 0 Å². The van der Waals surface area contributed by atoms with Crippen LogP contribution in [0.4, 0.5) is 0 Å². The van der Waals surface area contributed by atoms with Gasteiger partial charge in [0.2, 0.25) is 0 Å². The van der Waals surface area contributed by atoms with E-state index in [2.05, 4.69) is 12.2 Å². The Hall–Kier alpha value is 0.149. The molecule has 0 atom stereocenters. The van der Waals surface area contributed by atoms with Crippen LogP contribution in [-0.4, -0.2) is 16.7 Å². The number of hydrogen-bond acceptors (Lipinski definition) is 1. The van der Waals surface area contributed by atoms with E-state index in [1.54, 1.807) is 12.5 Å². The van der Waals surface area contributed by atoms with Crippen molar-refractivity contribution in [3.63, 3.8) is 0 Å². The van der Waals surface area contributed by atoms with Crippen LogP contribution in [0.1, 0.15) is 6.42 Å². The van der Waals surface area contributed by atoms with Crippen LogP contribution >= 0.6 is 0 Å². The fraction of sp³-hybridized carbons (Fsp3) is 0.429. The van der Waals surface area contributed by atoms with Gasteiger partial charge in [-0.1, -0.05) is 0 Å². The van der Waals surface area contributed by atoms with Gasteiger partial charge in [0.1, 0.15) is 0 Å². The molecular formula is C7H11FeOS-. The van der Waals surface area contributed by atoms with Crippen molar-refractivity contribution in [3.8, 4) is 0 Å². The fourth-order valence-electron chi connectivity index (χ4n) is 0.340. The quantitative estimate of drug-likeness (QED) is 0.424. The van der Waals surface area contributed by atoms with Crippen LogP contribution in [0, 0.1) is 6.08 Å². The molecule has 1 aliphatic carbocycles. The molecule has 0 fully saturated rings. The van der Waals surface area contributed by atoms with E-state index in [-0.39, 0.29) is 17.1 Å². The van der Waals surface area contributed by atoms with Crippen LogP contribution in [0.5, 0.6) is 0 Å². The van der Waals surface area contributed by atoms with Crippen LogP contribution in [-0.2, 0) is 27.9 Å². The maximum atomic E-state index is 9.56. The van der Waals surface area contributed by atoms with Crippen molar-refractivity contribution in [1.82, 2.24) is 0 Å². The van der Waals surface area contributed by atoms with Gasteiger partial charge in [-0.3, -0.25) is 10.3 Å². The molecule has 0 aromatic heterocycles. The average Bonchev–Trinajstić information content (AvgIpc) is 2.11. The third-order valence-corrected chi connectivity index (χ3v) is 0.586. The molecule has 0 spiro atoms. The average molecular weight is 199 g/mol. The zero-order chi connectivity index (χ0) is 7.11. The van der Waals surface area contributed by atoms with Crippen molar-refractivity contribution in [2.24, 2.45) is 0 Å². The minimum Gasteiger partial charge on any atom is -0.273 e. The van der Waals surface area contributed by atoms with Crippen LogP contribution in [0.25, 0.3) is 0 Å². The molecule has 0 aromatic carbocycles. The molecule has 0 radical (unpaired) electrons. The molecule has 0 N–H and O–H groups in total. The summed E-state index contributed by atoms with van der Waals surface area (Å²) in [6.45, 7) is 0. The zero-order valence-corrected chi connectivity index (χ0v) is 8.03. The first-order chi connectivity index (χ1) is 4.23. The van der Waals surface area contributed by atoms with E-state index in [0.717, 1.165) is 6.42 Å². The molecule has 0 aromatic rings. The van der Waals surface area contributed by atoms with E-state index in [0.29, 0.717) is 0 Å². The molecule has 0 amide bonds. The van der Waals surface area contributed by atoms with Crippen molar-refractivity contribution in [2.45, 2.75) is 6.42 Å². The zero-order valence-electron chi connectivity index (χ0n) is 6.11. The predicted molar refractivity (Wildman–Crippen MR) is 41.6 cm³/mol. The SMILES string of the molecule is CS(C)=O.[C-]1=CC=CC1.[Fe]. The van der Waals surface area contributed by atoms with Gasteiger partial charge < -0.3 is 0 Å². The van der Waals surface area contributed by atoms with Crippen LogP contribution in [0.15, 0.2) is 18.2 Å². The summed E-state index contributed by atoms with van der Waals surface area (Å²) in [5, 5.41) is 0. The molecule has 0 heterocycles. The van der Waals surface area contributed by atoms with E-state index in [1.807, 2.05) is 12.2 Å². The van der Waals surface area contributed by atoms with Crippen molar-refractivity contribution >= 4 is 10.8 Å². The predicted octanol–water partition coefficient (Wildman–Crippen LogP) is 1.30. The summed E-state index contributed by atoms with van der Waals surface area (Å²) in [4.78, 5) is 0. The first kappa shape index (κ1) is 12.8. The third-order valence-electron chi connectivity index (χ3n) is 0.586. The summed E-state index contributed by atoms with van der Waals surface area (Å²) in [5.74, 6) is 0. The van der Waals surface area contributed by atoms with Gasteiger partial charge in [-0.15, -0.1) is 6.42 Å². The Labute approximate surface area is 75.5 Å². The molecule has 0 saturated carbocycles. The van der Waals surface area contributed by atoms with Crippen molar-refractivity contribution < 1.29 is 21.3 Å². The molecule has 60 valence electrons. The molecule has 0 saturated heterocycles. The Balaban J connectivity index is 0. The number of hydrogen-bond donors (Lipinski definition) is 0. The van der Waals surface area contributed by atoms with Gasteiger partial charge in [0.15, 0.2) is 0 Å². The minimum absolute atomic E-state index is 0. The van der Waals surface area contributed by atoms with Gasteiger partial charge in [-0.2, -0.15) is 6.08 Å². The standard InChI is InChI=1S/C5H5.C2H6OS.Fe/c1-2-4-5-3-1;1-4(2)3;/h1-3H,4H2;1-2H3;/q-1;;. The number of allylic oxidation sites excluding steroid dienone is 4. The molecule has 10 heavy (non-hydrogen) atoms. The summed E-state index contributed by atoms with van der Waals surface area (Å²) >= 11 is 0. The second-order valence-corrected chi connectivity index (χ2v) is 3.23. The van der Waals surface area contributed by atoms with E-state index < -0.39 is 10.8 Å². The Bertz CT molecular complexity index is 127. The summed E-state index contributed by atoms with van der Waals surface area (Å²) < 4.78 is 9.56. The van der Waals surface area contributed by atoms with E-state index >= 15 is 0 Å². The second kappa shape index (κ2) is 9.15. The van der Waals surface area contributed by atoms with Crippen molar-refractivity contribution in [3.05, 3.63) is 24.3 Å². The van der Waals surface area contributed by atoms with E-state index in [4.69, 9.17) is 0 Å². The van der Waals surface area contributed by atoms with Crippen molar-refractivity contribution in [1.29, 1.82) is 0 Å². The molecule has 1 nitrogen and oxygen atoms in total. The van der Waals surface area contributed by atoms with Gasteiger partial charge in [0.25, 0.3) is 0 Å². The summed E-state index contributed by atoms with van der Waals surface area (Å²) in [7, 11) is -0.611. The van der Waals surface area contributed by atoms with Crippen LogP contribution in [0.3, 0.4) is 0 Å². The molecule has 0 aliphatic heterocycles. The molecular weight excluding hydrogens is 188 g/mol. The van der Waals surface area contributed by atoms with Gasteiger partial charge in [0, 0.05) is 40.4 Å². The topological polar surface area (TPSA) is 17.1 Å². The number of rotatable bonds is 0. The first-order valence-corrected chi connectivity index (χ1v) is 4.67. The molecule has 1 aliphatic rings. The third kappa shape index (κ3) is 15.7. The monoisotopic (exact) mass is 199 g/mol. The molecule has 0 unspecified atom stereocenters. The van der Waals surface area contributed by atoms with E-state index in [9.17, 15) is 4.21 Å². The Kier molecular flexibility index (Phi) is 11.7. The molecule has 3 heteroatoms. The minimum atomic E-state index is -0.611. The normalized spacial score (nSPS) is 12.3. The van der Waals surface area contributed by atoms with Crippen molar-refractivity contribution in [2.75, 3.05) is 12.5 Å². The van der Waals surface area contributed by atoms with Gasteiger partial charge in [0.05, 0.1) is 0 Å². The Morgan fingerprint density at radius 3 is 2.10 bits per heavy atom. The first-order valence-electron chi connectivity index (χ1n) is 2.70. The Morgan fingerprint density at radius 1 is 1.50 bits per heavy atom. The maximum Gasteiger partial charge on any atom is 0.0148 e. The summed E-state index contributed by atoms with van der Waals surface area (Å²) in [5.41, 5.74) is 0. The van der Waals surface area contributed by atoms with E-state index in [1.165, 1.54) is 0 Å². The van der Waals surface area contributed by atoms with Gasteiger partial charge in [-0.05, 0) is 0 Å². The smallest absolute Gasteiger partial charge is 0.0148 e. The van der Waals surface area contributed by atoms with Crippen LogP contribution < -0.4 is 0 Å². The summed E-state index contributed by atoms with van der Waals surface area (Å²) in [6.07, 6.45) is 13.3. The van der Waals surface area contributed by atoms with Gasteiger partial charge >= 0.3 is 0 Å². The second-order valence-electron chi connectivity index (χ2n) is 1.74. The maximum absolute atomic E-state index is 9.56. The molecule has 1 rings (SSSR count). The van der Waals surface area contributed by atoms with Gasteiger partial charge in [-0.25, -0.2) is 12.2 Å². The largest absolute Gasteiger partial charge is 0.273 e. The Morgan fingerprint density at radius 2 is 2.00 bits per heavy atom. The summed E-state index contributed by atoms with van der Waals surface area (Å²) in [6, 6.07) is 0. The fourth-order valence-corrected chi connectivity index (χ4v) is 0.340.